The van der Waals surface area contributed by atoms with Crippen LogP contribution in [0.5, 0.6) is 0 Å². The molecule has 0 aliphatic heterocycles. The van der Waals surface area contributed by atoms with Gasteiger partial charge in [-0.2, -0.15) is 0 Å². The van der Waals surface area contributed by atoms with Crippen molar-refractivity contribution in [2.24, 2.45) is 0 Å². The molecule has 0 radical (unpaired) electrons. The number of rotatable bonds is 5. The Balaban J connectivity index is 1.66. The van der Waals surface area contributed by atoms with Gasteiger partial charge >= 0.3 is 0 Å². The van der Waals surface area contributed by atoms with Gasteiger partial charge < -0.3 is 4.57 Å². The number of amides is 1. The highest BCUT2D eigenvalue weighted by Gasteiger charge is 2.21. The fourth-order valence-corrected chi connectivity index (χ4v) is 4.48. The van der Waals surface area contributed by atoms with Crippen molar-refractivity contribution in [2.75, 3.05) is 0 Å². The summed E-state index contributed by atoms with van der Waals surface area (Å²) < 4.78 is 28.9. The van der Waals surface area contributed by atoms with E-state index in [2.05, 4.69) is 19.7 Å². The average Bonchev–Trinajstić information content (AvgIpc) is 3.04. The van der Waals surface area contributed by atoms with Crippen LogP contribution in [0.15, 0.2) is 53.4 Å². The van der Waals surface area contributed by atoms with E-state index >= 15 is 0 Å². The summed E-state index contributed by atoms with van der Waals surface area (Å²) in [6.45, 7) is 3.93. The molecule has 32 heavy (non-hydrogen) atoms. The molecule has 0 unspecified atom stereocenters. The van der Waals surface area contributed by atoms with Crippen LogP contribution in [0, 0.1) is 13.8 Å². The molecule has 4 rings (SSSR count). The Morgan fingerprint density at radius 3 is 2.38 bits per heavy atom. The van der Waals surface area contributed by atoms with Crippen LogP contribution in [-0.2, 0) is 16.6 Å². The third kappa shape index (κ3) is 4.45. The lowest BCUT2D eigenvalue weighted by atomic mass is 10.2. The highest BCUT2D eigenvalue weighted by Crippen LogP contribution is 2.22. The number of nitrogens with zero attached hydrogens (tertiary/aromatic N) is 4. The molecule has 8 nitrogen and oxygen atoms in total. The molecule has 3 aromatic heterocycles. The maximum atomic E-state index is 12.7. The van der Waals surface area contributed by atoms with Gasteiger partial charge in [0.15, 0.2) is 5.65 Å². The summed E-state index contributed by atoms with van der Waals surface area (Å²) in [5.74, 6) is -0.201. The first-order valence-corrected chi connectivity index (χ1v) is 11.7. The topological polar surface area (TPSA) is 107 Å². The molecule has 1 N–H and O–H groups in total. The smallest absolute Gasteiger partial charge is 0.283 e. The molecule has 11 heteroatoms. The van der Waals surface area contributed by atoms with Crippen LogP contribution in [0.1, 0.15) is 27.4 Å². The van der Waals surface area contributed by atoms with Crippen LogP contribution >= 0.6 is 23.2 Å². The number of benzene rings is 1. The van der Waals surface area contributed by atoms with E-state index < -0.39 is 15.9 Å². The quantitative estimate of drug-likeness (QED) is 0.425. The van der Waals surface area contributed by atoms with E-state index in [0.717, 1.165) is 5.56 Å². The number of sulfonamides is 1. The second-order valence-corrected chi connectivity index (χ2v) is 9.54. The Morgan fingerprint density at radius 1 is 0.969 bits per heavy atom. The maximum Gasteiger partial charge on any atom is 0.283 e. The average molecular weight is 490 g/mol. The van der Waals surface area contributed by atoms with Gasteiger partial charge in [0.25, 0.3) is 15.9 Å². The zero-order chi connectivity index (χ0) is 23.0. The van der Waals surface area contributed by atoms with Gasteiger partial charge in [0, 0.05) is 5.56 Å². The molecule has 0 spiro atoms. The Morgan fingerprint density at radius 2 is 1.69 bits per heavy atom. The van der Waals surface area contributed by atoms with Crippen LogP contribution in [0.3, 0.4) is 0 Å². The van der Waals surface area contributed by atoms with Crippen LogP contribution < -0.4 is 4.72 Å². The maximum absolute atomic E-state index is 12.7. The second kappa shape index (κ2) is 8.50. The van der Waals surface area contributed by atoms with Gasteiger partial charge in [-0.3, -0.25) is 4.79 Å². The number of aryl methyl sites for hydroxylation is 2. The summed E-state index contributed by atoms with van der Waals surface area (Å²) in [4.78, 5) is 25.5. The lowest BCUT2D eigenvalue weighted by molar-refractivity contribution is 0.0977. The number of aromatic nitrogens is 4. The summed E-state index contributed by atoms with van der Waals surface area (Å²) in [6, 6.07) is 12.6. The molecule has 0 aliphatic rings. The van der Waals surface area contributed by atoms with E-state index in [1.165, 1.54) is 18.2 Å². The van der Waals surface area contributed by atoms with E-state index in [1.54, 1.807) is 41.8 Å². The molecule has 164 valence electrons. The van der Waals surface area contributed by atoms with Gasteiger partial charge in [0.1, 0.15) is 27.3 Å². The number of pyridine rings is 2. The molecule has 3 heterocycles. The monoisotopic (exact) mass is 489 g/mol. The molecular weight excluding hydrogens is 473 g/mol. The standard InChI is InChI=1S/C21H17Cl2N5O3S/c1-12-3-6-15(7-4-12)32(30,31)27-21(29)17-9-8-16-20(25-17)28(13(2)24-16)11-14-5-10-18(22)26-19(14)23/h3-10H,11H2,1-2H3,(H,27,29). The van der Waals surface area contributed by atoms with Crippen molar-refractivity contribution < 1.29 is 13.2 Å². The van der Waals surface area contributed by atoms with Gasteiger partial charge in [0.05, 0.1) is 11.4 Å². The number of hydrogen-bond acceptors (Lipinski definition) is 6. The fourth-order valence-electron chi connectivity index (χ4n) is 3.11. The molecule has 1 amide bonds. The summed E-state index contributed by atoms with van der Waals surface area (Å²) in [6.07, 6.45) is 0. The van der Waals surface area contributed by atoms with E-state index in [0.29, 0.717) is 29.1 Å². The Labute approximate surface area is 194 Å². The number of hydrogen-bond donors (Lipinski definition) is 1. The first kappa shape index (κ1) is 22.2. The zero-order valence-corrected chi connectivity index (χ0v) is 19.3. The molecule has 0 aliphatic carbocycles. The number of halogens is 2. The molecular formula is C21H17Cl2N5O3S. The predicted octanol–water partition coefficient (Wildman–Crippen LogP) is 3.92. The lowest BCUT2D eigenvalue weighted by Crippen LogP contribution is -2.31. The molecule has 1 aromatic carbocycles. The van der Waals surface area contributed by atoms with Crippen LogP contribution in [0.4, 0.5) is 0 Å². The third-order valence-electron chi connectivity index (χ3n) is 4.79. The third-order valence-corrected chi connectivity index (χ3v) is 6.68. The minimum atomic E-state index is -4.04. The van der Waals surface area contributed by atoms with E-state index in [1.807, 2.05) is 6.92 Å². The highest BCUT2D eigenvalue weighted by atomic mass is 35.5. The number of fused-ring (bicyclic) bond motifs is 1. The van der Waals surface area contributed by atoms with E-state index in [4.69, 9.17) is 23.2 Å². The summed E-state index contributed by atoms with van der Waals surface area (Å²) in [5.41, 5.74) is 2.50. The summed E-state index contributed by atoms with van der Waals surface area (Å²) in [5, 5.41) is 0.523. The van der Waals surface area contributed by atoms with Gasteiger partial charge in [-0.05, 0) is 44.2 Å². The van der Waals surface area contributed by atoms with Crippen molar-refractivity contribution >= 4 is 50.3 Å². The number of nitrogens with one attached hydrogen (secondary N) is 1. The van der Waals surface area contributed by atoms with E-state index in [9.17, 15) is 13.2 Å². The van der Waals surface area contributed by atoms with Crippen molar-refractivity contribution in [2.45, 2.75) is 25.3 Å². The Kier molecular flexibility index (Phi) is 5.89. The Bertz CT molecular complexity index is 1450. The molecule has 0 saturated heterocycles. The van der Waals surface area contributed by atoms with Gasteiger partial charge in [0.2, 0.25) is 0 Å². The number of imidazole rings is 1. The fraction of sp³-hybridized carbons (Fsp3) is 0.143. The van der Waals surface area contributed by atoms with E-state index in [-0.39, 0.29) is 20.9 Å². The first-order chi connectivity index (χ1) is 15.1. The van der Waals surface area contributed by atoms with Crippen molar-refractivity contribution in [1.29, 1.82) is 0 Å². The van der Waals surface area contributed by atoms with Crippen molar-refractivity contribution in [1.82, 2.24) is 24.2 Å². The number of carbonyl (C=O) groups excluding carboxylic acids is 1. The van der Waals surface area contributed by atoms with Crippen LogP contribution in [-0.4, -0.2) is 33.8 Å². The molecule has 4 aromatic rings. The van der Waals surface area contributed by atoms with Crippen molar-refractivity contribution in [3.05, 3.63) is 81.5 Å². The molecule has 0 fully saturated rings. The van der Waals surface area contributed by atoms with Crippen molar-refractivity contribution in [3.63, 3.8) is 0 Å². The summed E-state index contributed by atoms with van der Waals surface area (Å²) >= 11 is 12.1. The largest absolute Gasteiger partial charge is 0.308 e. The normalized spacial score (nSPS) is 11.6. The van der Waals surface area contributed by atoms with Gasteiger partial charge in [-0.1, -0.05) is 47.0 Å². The first-order valence-electron chi connectivity index (χ1n) is 9.43. The van der Waals surface area contributed by atoms with Gasteiger partial charge in [-0.25, -0.2) is 28.1 Å². The molecule has 0 atom stereocenters. The van der Waals surface area contributed by atoms with Crippen LogP contribution in [0.2, 0.25) is 10.3 Å². The highest BCUT2D eigenvalue weighted by molar-refractivity contribution is 7.90. The lowest BCUT2D eigenvalue weighted by Gasteiger charge is -2.09. The van der Waals surface area contributed by atoms with Gasteiger partial charge in [-0.15, -0.1) is 0 Å². The van der Waals surface area contributed by atoms with Crippen LogP contribution in [0.25, 0.3) is 11.2 Å². The minimum Gasteiger partial charge on any atom is -0.308 e. The van der Waals surface area contributed by atoms with Crippen molar-refractivity contribution in [3.8, 4) is 0 Å². The minimum absolute atomic E-state index is 0.0108. The SMILES string of the molecule is Cc1ccc(S(=O)(=O)NC(=O)c2ccc3nc(C)n(Cc4ccc(Cl)nc4Cl)c3n2)cc1. The molecule has 0 bridgehead atoms. The molecule has 0 saturated carbocycles. The Hall–Kier alpha value is -3.01. The summed E-state index contributed by atoms with van der Waals surface area (Å²) in [7, 11) is -4.04. The zero-order valence-electron chi connectivity index (χ0n) is 17.0. The second-order valence-electron chi connectivity index (χ2n) is 7.12. The predicted molar refractivity (Wildman–Crippen MR) is 121 cm³/mol. The number of carbonyl (C=O) groups is 1.